The van der Waals surface area contributed by atoms with Gasteiger partial charge in [0.05, 0.1) is 6.61 Å². The van der Waals surface area contributed by atoms with Gasteiger partial charge in [0.2, 0.25) is 0 Å². The maximum absolute atomic E-state index is 6.09. The third-order valence-corrected chi connectivity index (χ3v) is 5.99. The molecule has 2 heteroatoms. The Labute approximate surface area is 165 Å². The molecule has 0 saturated carbocycles. The van der Waals surface area contributed by atoms with E-state index < -0.39 is 0 Å². The molecule has 2 atom stereocenters. The topological polar surface area (TPSA) is 35.2 Å². The molecule has 0 radical (unpaired) electrons. The van der Waals surface area contributed by atoms with Crippen molar-refractivity contribution in [3.8, 4) is 5.75 Å². The summed E-state index contributed by atoms with van der Waals surface area (Å²) in [6.07, 6.45) is 5.87. The average molecular weight is 366 g/mol. The monoisotopic (exact) mass is 365 g/mol. The Balaban J connectivity index is 1.58. The number of hydrogen-bond donors (Lipinski definition) is 1. The predicted octanol–water partition coefficient (Wildman–Crippen LogP) is 5.84. The van der Waals surface area contributed by atoms with Gasteiger partial charge in [-0.3, -0.25) is 0 Å². The van der Waals surface area contributed by atoms with E-state index in [4.69, 9.17) is 10.5 Å². The Kier molecular flexibility index (Phi) is 6.95. The highest BCUT2D eigenvalue weighted by Gasteiger charge is 2.21. The molecule has 1 aliphatic rings. The molecule has 2 aromatic rings. The molecule has 2 N–H and O–H groups in total. The van der Waals surface area contributed by atoms with Crippen LogP contribution >= 0.6 is 0 Å². The summed E-state index contributed by atoms with van der Waals surface area (Å²) in [4.78, 5) is 0. The summed E-state index contributed by atoms with van der Waals surface area (Å²) < 4.78 is 6.09. The fourth-order valence-electron chi connectivity index (χ4n) is 4.18. The van der Waals surface area contributed by atoms with E-state index in [0.717, 1.165) is 31.7 Å². The number of fused-ring (bicyclic) bond motifs is 1. The summed E-state index contributed by atoms with van der Waals surface area (Å²) in [6.45, 7) is 8.24. The molecule has 146 valence electrons. The summed E-state index contributed by atoms with van der Waals surface area (Å²) in [7, 11) is 0. The standard InChI is InChI=1S/C25H35NO/c1-4-5-24(16-26)23-9-8-21-14-19(6-7-22(21)15-23)17-27-25-12-10-20(11-13-25)18(2)3/h8-13,15,18-19,24H,4-7,14,16-17,26H2,1-3H3. The SMILES string of the molecule is CCCC(CN)c1ccc2c(c1)CCC(COc1ccc(C(C)C)cc1)C2. The summed E-state index contributed by atoms with van der Waals surface area (Å²) in [5.41, 5.74) is 11.8. The lowest BCUT2D eigenvalue weighted by molar-refractivity contribution is 0.234. The molecule has 0 aliphatic heterocycles. The first-order valence-electron chi connectivity index (χ1n) is 10.6. The lowest BCUT2D eigenvalue weighted by Gasteiger charge is -2.26. The van der Waals surface area contributed by atoms with Crippen molar-refractivity contribution in [2.45, 2.75) is 64.7 Å². The van der Waals surface area contributed by atoms with Gasteiger partial charge in [-0.2, -0.15) is 0 Å². The van der Waals surface area contributed by atoms with Crippen LogP contribution in [0.25, 0.3) is 0 Å². The molecule has 0 spiro atoms. The zero-order valence-electron chi connectivity index (χ0n) is 17.2. The highest BCUT2D eigenvalue weighted by molar-refractivity contribution is 5.36. The zero-order valence-corrected chi connectivity index (χ0v) is 17.2. The highest BCUT2D eigenvalue weighted by Crippen LogP contribution is 2.30. The number of rotatable bonds is 8. The first-order chi connectivity index (χ1) is 13.1. The second-order valence-electron chi connectivity index (χ2n) is 8.39. The zero-order chi connectivity index (χ0) is 19.2. The second-order valence-corrected chi connectivity index (χ2v) is 8.39. The van der Waals surface area contributed by atoms with Crippen LogP contribution in [0.5, 0.6) is 5.75 Å². The van der Waals surface area contributed by atoms with E-state index in [9.17, 15) is 0 Å². The van der Waals surface area contributed by atoms with Crippen LogP contribution in [0, 0.1) is 5.92 Å². The second kappa shape index (κ2) is 9.41. The van der Waals surface area contributed by atoms with Crippen LogP contribution in [-0.2, 0) is 12.8 Å². The van der Waals surface area contributed by atoms with Gasteiger partial charge in [-0.25, -0.2) is 0 Å². The van der Waals surface area contributed by atoms with Crippen LogP contribution in [0.3, 0.4) is 0 Å². The van der Waals surface area contributed by atoms with E-state index in [2.05, 4.69) is 63.2 Å². The van der Waals surface area contributed by atoms with Gasteiger partial charge in [-0.05, 0) is 84.4 Å². The molecule has 0 aromatic heterocycles. The van der Waals surface area contributed by atoms with Crippen LogP contribution in [0.4, 0.5) is 0 Å². The Bertz CT molecular complexity index is 720. The van der Waals surface area contributed by atoms with Crippen molar-refractivity contribution in [1.82, 2.24) is 0 Å². The van der Waals surface area contributed by atoms with E-state index in [0.29, 0.717) is 17.8 Å². The third kappa shape index (κ3) is 5.13. The normalized spacial score (nSPS) is 17.6. The van der Waals surface area contributed by atoms with Gasteiger partial charge in [-0.1, -0.05) is 57.5 Å². The molecule has 27 heavy (non-hydrogen) atoms. The van der Waals surface area contributed by atoms with E-state index in [1.54, 1.807) is 0 Å². The van der Waals surface area contributed by atoms with Crippen molar-refractivity contribution in [3.05, 3.63) is 64.7 Å². The summed E-state index contributed by atoms with van der Waals surface area (Å²) >= 11 is 0. The van der Waals surface area contributed by atoms with Crippen molar-refractivity contribution in [2.24, 2.45) is 11.7 Å². The van der Waals surface area contributed by atoms with Gasteiger partial charge in [0.1, 0.15) is 5.75 Å². The van der Waals surface area contributed by atoms with Gasteiger partial charge in [-0.15, -0.1) is 0 Å². The Morgan fingerprint density at radius 1 is 1.04 bits per heavy atom. The summed E-state index contributed by atoms with van der Waals surface area (Å²) in [5, 5.41) is 0. The summed E-state index contributed by atoms with van der Waals surface area (Å²) in [5.74, 6) is 2.67. The molecule has 2 nitrogen and oxygen atoms in total. The Hall–Kier alpha value is -1.80. The van der Waals surface area contributed by atoms with Crippen LogP contribution in [0.2, 0.25) is 0 Å². The van der Waals surface area contributed by atoms with Crippen molar-refractivity contribution in [1.29, 1.82) is 0 Å². The average Bonchev–Trinajstić information content (AvgIpc) is 2.70. The molecule has 0 heterocycles. The number of aryl methyl sites for hydroxylation is 1. The Morgan fingerprint density at radius 2 is 1.78 bits per heavy atom. The fourth-order valence-corrected chi connectivity index (χ4v) is 4.18. The van der Waals surface area contributed by atoms with Gasteiger partial charge in [0.25, 0.3) is 0 Å². The van der Waals surface area contributed by atoms with Crippen molar-refractivity contribution in [3.63, 3.8) is 0 Å². The summed E-state index contributed by atoms with van der Waals surface area (Å²) in [6, 6.07) is 15.7. The smallest absolute Gasteiger partial charge is 0.119 e. The molecule has 2 aromatic carbocycles. The minimum absolute atomic E-state index is 0.509. The molecule has 0 saturated heterocycles. The lowest BCUT2D eigenvalue weighted by atomic mass is 9.82. The van der Waals surface area contributed by atoms with Gasteiger partial charge in [0.15, 0.2) is 0 Å². The number of benzene rings is 2. The molecule has 0 amide bonds. The van der Waals surface area contributed by atoms with Crippen molar-refractivity contribution in [2.75, 3.05) is 13.2 Å². The van der Waals surface area contributed by atoms with E-state index >= 15 is 0 Å². The van der Waals surface area contributed by atoms with Crippen LogP contribution in [0.15, 0.2) is 42.5 Å². The fraction of sp³-hybridized carbons (Fsp3) is 0.520. The maximum Gasteiger partial charge on any atom is 0.119 e. The first kappa shape index (κ1) is 19.9. The van der Waals surface area contributed by atoms with Gasteiger partial charge < -0.3 is 10.5 Å². The van der Waals surface area contributed by atoms with Crippen LogP contribution in [-0.4, -0.2) is 13.2 Å². The first-order valence-corrected chi connectivity index (χ1v) is 10.6. The molecule has 0 fully saturated rings. The van der Waals surface area contributed by atoms with Crippen LogP contribution < -0.4 is 10.5 Å². The Morgan fingerprint density at radius 3 is 2.44 bits per heavy atom. The molecule has 2 unspecified atom stereocenters. The maximum atomic E-state index is 6.09. The molecular formula is C25H35NO. The molecule has 3 rings (SSSR count). The quantitative estimate of drug-likeness (QED) is 0.638. The third-order valence-electron chi connectivity index (χ3n) is 5.99. The van der Waals surface area contributed by atoms with E-state index in [1.165, 1.54) is 41.5 Å². The predicted molar refractivity (Wildman–Crippen MR) is 115 cm³/mol. The molecular weight excluding hydrogens is 330 g/mol. The minimum Gasteiger partial charge on any atom is -0.493 e. The molecule has 0 bridgehead atoms. The molecule has 1 aliphatic carbocycles. The number of nitrogens with two attached hydrogens (primary N) is 1. The van der Waals surface area contributed by atoms with Gasteiger partial charge in [0, 0.05) is 0 Å². The lowest BCUT2D eigenvalue weighted by Crippen LogP contribution is -2.21. The highest BCUT2D eigenvalue weighted by atomic mass is 16.5. The van der Waals surface area contributed by atoms with Crippen molar-refractivity contribution < 1.29 is 4.74 Å². The van der Waals surface area contributed by atoms with Crippen LogP contribution in [0.1, 0.15) is 74.1 Å². The largest absolute Gasteiger partial charge is 0.493 e. The van der Waals surface area contributed by atoms with Gasteiger partial charge >= 0.3 is 0 Å². The number of ether oxygens (including phenoxy) is 1. The minimum atomic E-state index is 0.509. The number of hydrogen-bond acceptors (Lipinski definition) is 2. The van der Waals surface area contributed by atoms with E-state index in [-0.39, 0.29) is 0 Å². The van der Waals surface area contributed by atoms with Crippen molar-refractivity contribution >= 4 is 0 Å². The van der Waals surface area contributed by atoms with E-state index in [1.807, 2.05) is 0 Å².